The molecule has 16 heavy (non-hydrogen) atoms. The first-order valence-corrected chi connectivity index (χ1v) is 6.44. The Balaban J connectivity index is 2.16. The number of hydrogen-bond donors (Lipinski definition) is 2. The minimum absolute atomic E-state index is 0.00750. The Morgan fingerprint density at radius 3 is 2.88 bits per heavy atom. The van der Waals surface area contributed by atoms with E-state index < -0.39 is 6.10 Å². The first-order chi connectivity index (χ1) is 7.59. The molecule has 0 radical (unpaired) electrons. The Hall–Kier alpha value is -0.870. The average Bonchev–Trinajstić information content (AvgIpc) is 2.75. The second kappa shape index (κ2) is 6.66. The van der Waals surface area contributed by atoms with Gasteiger partial charge in [-0.05, 0) is 23.8 Å². The van der Waals surface area contributed by atoms with Gasteiger partial charge >= 0.3 is 0 Å². The van der Waals surface area contributed by atoms with E-state index in [0.29, 0.717) is 13.0 Å². The molecule has 1 aromatic heterocycles. The third-order valence-corrected chi connectivity index (χ3v) is 3.39. The van der Waals surface area contributed by atoms with Crippen LogP contribution in [0.1, 0.15) is 25.1 Å². The lowest BCUT2D eigenvalue weighted by atomic mass is 10.1. The minimum Gasteiger partial charge on any atom is -0.391 e. The van der Waals surface area contributed by atoms with Gasteiger partial charge in [0.1, 0.15) is 0 Å². The predicted molar refractivity (Wildman–Crippen MR) is 66.5 cm³/mol. The molecule has 0 spiro atoms. The highest BCUT2D eigenvalue weighted by Crippen LogP contribution is 2.10. The minimum atomic E-state index is -0.453. The van der Waals surface area contributed by atoms with E-state index in [1.54, 1.807) is 11.3 Å². The molecule has 3 nitrogen and oxygen atoms in total. The molecule has 0 aliphatic rings. The lowest BCUT2D eigenvalue weighted by Gasteiger charge is -2.14. The molecule has 0 saturated heterocycles. The van der Waals surface area contributed by atoms with E-state index in [1.165, 1.54) is 4.88 Å². The number of carbonyl (C=O) groups excluding carboxylic acids is 1. The molecule has 0 aromatic carbocycles. The smallest absolute Gasteiger partial charge is 0.220 e. The zero-order valence-electron chi connectivity index (χ0n) is 9.77. The Morgan fingerprint density at radius 1 is 1.56 bits per heavy atom. The SMILES string of the molecule is CC(C)C(O)CNC(=O)CCc1cccs1. The molecule has 0 aliphatic heterocycles. The van der Waals surface area contributed by atoms with Crippen molar-refractivity contribution in [2.45, 2.75) is 32.8 Å². The summed E-state index contributed by atoms with van der Waals surface area (Å²) in [7, 11) is 0. The van der Waals surface area contributed by atoms with Gasteiger partial charge in [0.25, 0.3) is 0 Å². The van der Waals surface area contributed by atoms with Crippen LogP contribution in [0, 0.1) is 5.92 Å². The maximum atomic E-state index is 11.4. The van der Waals surface area contributed by atoms with E-state index in [4.69, 9.17) is 0 Å². The van der Waals surface area contributed by atoms with Crippen LogP contribution in [-0.2, 0) is 11.2 Å². The fourth-order valence-corrected chi connectivity index (χ4v) is 1.94. The number of hydrogen-bond acceptors (Lipinski definition) is 3. The van der Waals surface area contributed by atoms with E-state index in [9.17, 15) is 9.90 Å². The molecule has 4 heteroatoms. The molecule has 0 aliphatic carbocycles. The number of amides is 1. The quantitative estimate of drug-likeness (QED) is 0.798. The molecule has 1 heterocycles. The van der Waals surface area contributed by atoms with Crippen LogP contribution in [0.2, 0.25) is 0 Å². The summed E-state index contributed by atoms with van der Waals surface area (Å²) in [5.41, 5.74) is 0. The number of aliphatic hydroxyl groups excluding tert-OH is 1. The van der Waals surface area contributed by atoms with Gasteiger partial charge in [-0.3, -0.25) is 4.79 Å². The van der Waals surface area contributed by atoms with Crippen molar-refractivity contribution in [1.29, 1.82) is 0 Å². The maximum Gasteiger partial charge on any atom is 0.220 e. The highest BCUT2D eigenvalue weighted by molar-refractivity contribution is 7.09. The van der Waals surface area contributed by atoms with Crippen LogP contribution in [0.15, 0.2) is 17.5 Å². The van der Waals surface area contributed by atoms with Crippen molar-refractivity contribution in [3.8, 4) is 0 Å². The Kier molecular flexibility index (Phi) is 5.49. The summed E-state index contributed by atoms with van der Waals surface area (Å²) in [6.07, 6.45) is 0.817. The van der Waals surface area contributed by atoms with Gasteiger partial charge in [0.05, 0.1) is 6.10 Å². The van der Waals surface area contributed by atoms with Gasteiger partial charge in [0.15, 0.2) is 0 Å². The van der Waals surface area contributed by atoms with Crippen LogP contribution in [-0.4, -0.2) is 23.7 Å². The van der Waals surface area contributed by atoms with Crippen molar-refractivity contribution in [3.63, 3.8) is 0 Å². The van der Waals surface area contributed by atoms with E-state index in [0.717, 1.165) is 6.42 Å². The molecule has 1 rings (SSSR count). The summed E-state index contributed by atoms with van der Waals surface area (Å²) in [4.78, 5) is 12.7. The molecule has 0 fully saturated rings. The summed E-state index contributed by atoms with van der Waals surface area (Å²) >= 11 is 1.66. The topological polar surface area (TPSA) is 49.3 Å². The molecule has 0 saturated carbocycles. The lowest BCUT2D eigenvalue weighted by Crippen LogP contribution is -2.34. The van der Waals surface area contributed by atoms with Crippen molar-refractivity contribution < 1.29 is 9.90 Å². The fraction of sp³-hybridized carbons (Fsp3) is 0.583. The molecule has 1 atom stereocenters. The van der Waals surface area contributed by atoms with E-state index in [1.807, 2.05) is 31.4 Å². The number of aryl methyl sites for hydroxylation is 1. The van der Waals surface area contributed by atoms with Crippen LogP contribution >= 0.6 is 11.3 Å². The number of rotatable bonds is 6. The van der Waals surface area contributed by atoms with Gasteiger partial charge in [-0.2, -0.15) is 0 Å². The molecule has 1 amide bonds. The molecule has 2 N–H and O–H groups in total. The third kappa shape index (κ3) is 4.77. The van der Waals surface area contributed by atoms with Crippen LogP contribution in [0.25, 0.3) is 0 Å². The Morgan fingerprint density at radius 2 is 2.31 bits per heavy atom. The molecule has 0 bridgehead atoms. The van der Waals surface area contributed by atoms with E-state index in [2.05, 4.69) is 5.32 Å². The van der Waals surface area contributed by atoms with Gasteiger partial charge in [-0.25, -0.2) is 0 Å². The van der Waals surface area contributed by atoms with Gasteiger partial charge in [-0.1, -0.05) is 19.9 Å². The van der Waals surface area contributed by atoms with Crippen LogP contribution in [0.5, 0.6) is 0 Å². The van der Waals surface area contributed by atoms with E-state index in [-0.39, 0.29) is 11.8 Å². The van der Waals surface area contributed by atoms with Crippen LogP contribution in [0.3, 0.4) is 0 Å². The van der Waals surface area contributed by atoms with Crippen LogP contribution in [0.4, 0.5) is 0 Å². The molecule has 1 unspecified atom stereocenters. The first-order valence-electron chi connectivity index (χ1n) is 5.56. The van der Waals surface area contributed by atoms with Crippen molar-refractivity contribution in [3.05, 3.63) is 22.4 Å². The average molecular weight is 241 g/mol. The normalized spacial score (nSPS) is 12.8. The Labute approximate surface area is 100 Å². The van der Waals surface area contributed by atoms with Gasteiger partial charge in [0, 0.05) is 17.8 Å². The molecule has 1 aromatic rings. The Bertz CT molecular complexity index is 309. The van der Waals surface area contributed by atoms with Crippen molar-refractivity contribution in [1.82, 2.24) is 5.32 Å². The van der Waals surface area contributed by atoms with Crippen molar-refractivity contribution in [2.75, 3.05) is 6.54 Å². The molecular weight excluding hydrogens is 222 g/mol. The van der Waals surface area contributed by atoms with Crippen LogP contribution < -0.4 is 5.32 Å². The van der Waals surface area contributed by atoms with E-state index >= 15 is 0 Å². The fourth-order valence-electron chi connectivity index (χ4n) is 1.23. The molecule has 90 valence electrons. The largest absolute Gasteiger partial charge is 0.391 e. The highest BCUT2D eigenvalue weighted by atomic mass is 32.1. The number of thiophene rings is 1. The summed E-state index contributed by atoms with van der Waals surface area (Å²) in [6, 6.07) is 4.02. The summed E-state index contributed by atoms with van der Waals surface area (Å²) in [5.74, 6) is 0.186. The van der Waals surface area contributed by atoms with Gasteiger partial charge in [-0.15, -0.1) is 11.3 Å². The zero-order chi connectivity index (χ0) is 12.0. The number of carbonyl (C=O) groups is 1. The zero-order valence-corrected chi connectivity index (χ0v) is 10.6. The standard InChI is InChI=1S/C12H19NO2S/c1-9(2)11(14)8-13-12(15)6-5-10-4-3-7-16-10/h3-4,7,9,11,14H,5-6,8H2,1-2H3,(H,13,15). The van der Waals surface area contributed by atoms with Crippen molar-refractivity contribution in [2.24, 2.45) is 5.92 Å². The lowest BCUT2D eigenvalue weighted by molar-refractivity contribution is -0.121. The maximum absolute atomic E-state index is 11.4. The predicted octanol–water partition coefficient (Wildman–Crippen LogP) is 1.81. The van der Waals surface area contributed by atoms with Gasteiger partial charge in [0.2, 0.25) is 5.91 Å². The second-order valence-electron chi connectivity index (χ2n) is 4.19. The molecular formula is C12H19NO2S. The third-order valence-electron chi connectivity index (χ3n) is 2.46. The summed E-state index contributed by atoms with van der Waals surface area (Å²) in [5, 5.41) is 14.3. The first kappa shape index (κ1) is 13.2. The monoisotopic (exact) mass is 241 g/mol. The summed E-state index contributed by atoms with van der Waals surface area (Å²) in [6.45, 7) is 4.21. The highest BCUT2D eigenvalue weighted by Gasteiger charge is 2.10. The second-order valence-corrected chi connectivity index (χ2v) is 5.23. The van der Waals surface area contributed by atoms with Gasteiger partial charge < -0.3 is 10.4 Å². The number of aliphatic hydroxyl groups is 1. The number of nitrogens with one attached hydrogen (secondary N) is 1. The van der Waals surface area contributed by atoms with Crippen molar-refractivity contribution >= 4 is 17.2 Å². The summed E-state index contributed by atoms with van der Waals surface area (Å²) < 4.78 is 0.